The largest absolute Gasteiger partial charge is 0.490 e. The van der Waals surface area contributed by atoms with Crippen molar-refractivity contribution in [3.63, 3.8) is 0 Å². The number of hydrogen-bond donors (Lipinski definition) is 0. The second kappa shape index (κ2) is 6.87. The van der Waals surface area contributed by atoms with Crippen LogP contribution in [0, 0.1) is 13.8 Å². The van der Waals surface area contributed by atoms with Gasteiger partial charge >= 0.3 is 0 Å². The molecule has 0 aliphatic heterocycles. The van der Waals surface area contributed by atoms with Gasteiger partial charge in [0, 0.05) is 0 Å². The number of rotatable bonds is 5. The number of aryl methyl sites for hydroxylation is 2. The van der Waals surface area contributed by atoms with Crippen LogP contribution in [0.3, 0.4) is 0 Å². The highest BCUT2D eigenvalue weighted by Crippen LogP contribution is 2.24. The monoisotopic (exact) mass is 298 g/mol. The van der Waals surface area contributed by atoms with Gasteiger partial charge in [-0.25, -0.2) is 0 Å². The Morgan fingerprint density at radius 1 is 0.818 bits per heavy atom. The third-order valence-corrected chi connectivity index (χ3v) is 3.67. The van der Waals surface area contributed by atoms with Gasteiger partial charge in [-0.15, -0.1) is 0 Å². The standard InChI is InChI=1S/C20H26O2/c1-15-6-7-16(2)19(14-15)22-13-12-21-18-10-8-17(9-11-18)20(3,4)5/h6-11,14H,12-13H2,1-5H3. The van der Waals surface area contributed by atoms with Crippen LogP contribution in [-0.4, -0.2) is 13.2 Å². The van der Waals surface area contributed by atoms with Gasteiger partial charge in [-0.1, -0.05) is 45.0 Å². The summed E-state index contributed by atoms with van der Waals surface area (Å²) in [6.07, 6.45) is 0. The van der Waals surface area contributed by atoms with Gasteiger partial charge in [-0.05, 0) is 54.2 Å². The summed E-state index contributed by atoms with van der Waals surface area (Å²) in [5, 5.41) is 0. The zero-order valence-corrected chi connectivity index (χ0v) is 14.3. The van der Waals surface area contributed by atoms with Crippen LogP contribution in [0.25, 0.3) is 0 Å². The minimum absolute atomic E-state index is 0.171. The molecule has 0 atom stereocenters. The van der Waals surface area contributed by atoms with E-state index in [1.807, 2.05) is 12.1 Å². The Morgan fingerprint density at radius 2 is 1.45 bits per heavy atom. The highest BCUT2D eigenvalue weighted by Gasteiger charge is 2.12. The number of hydrogen-bond acceptors (Lipinski definition) is 2. The van der Waals surface area contributed by atoms with Crippen molar-refractivity contribution in [2.24, 2.45) is 0 Å². The van der Waals surface area contributed by atoms with Gasteiger partial charge in [-0.2, -0.15) is 0 Å². The van der Waals surface area contributed by atoms with Crippen LogP contribution in [0.1, 0.15) is 37.5 Å². The van der Waals surface area contributed by atoms with Crippen molar-refractivity contribution >= 4 is 0 Å². The maximum absolute atomic E-state index is 5.79. The second-order valence-corrected chi connectivity index (χ2v) is 6.74. The molecule has 2 nitrogen and oxygen atoms in total. The fourth-order valence-corrected chi connectivity index (χ4v) is 2.23. The summed E-state index contributed by atoms with van der Waals surface area (Å²) in [6.45, 7) is 11.8. The predicted octanol–water partition coefficient (Wildman–Crippen LogP) is 5.06. The zero-order chi connectivity index (χ0) is 16.2. The van der Waals surface area contributed by atoms with E-state index >= 15 is 0 Å². The highest BCUT2D eigenvalue weighted by atomic mass is 16.5. The van der Waals surface area contributed by atoms with Gasteiger partial charge in [-0.3, -0.25) is 0 Å². The quantitative estimate of drug-likeness (QED) is 0.718. The van der Waals surface area contributed by atoms with Gasteiger partial charge < -0.3 is 9.47 Å². The summed E-state index contributed by atoms with van der Waals surface area (Å²) in [4.78, 5) is 0. The summed E-state index contributed by atoms with van der Waals surface area (Å²) < 4.78 is 11.5. The van der Waals surface area contributed by atoms with Crippen LogP contribution in [0.15, 0.2) is 42.5 Å². The SMILES string of the molecule is Cc1ccc(C)c(OCCOc2ccc(C(C)(C)C)cc2)c1. The Hall–Kier alpha value is -1.96. The molecular weight excluding hydrogens is 272 g/mol. The van der Waals surface area contributed by atoms with Crippen LogP contribution in [0.4, 0.5) is 0 Å². The average Bonchev–Trinajstić information content (AvgIpc) is 2.46. The molecule has 118 valence electrons. The van der Waals surface area contributed by atoms with Crippen LogP contribution < -0.4 is 9.47 Å². The van der Waals surface area contributed by atoms with Gasteiger partial charge in [0.1, 0.15) is 24.7 Å². The van der Waals surface area contributed by atoms with Crippen LogP contribution in [0.2, 0.25) is 0 Å². The molecule has 0 saturated heterocycles. The molecule has 0 aliphatic rings. The van der Waals surface area contributed by atoms with E-state index in [1.165, 1.54) is 11.1 Å². The van der Waals surface area contributed by atoms with Crippen molar-refractivity contribution in [1.29, 1.82) is 0 Å². The van der Waals surface area contributed by atoms with E-state index in [0.717, 1.165) is 17.1 Å². The molecule has 0 aliphatic carbocycles. The van der Waals surface area contributed by atoms with Gasteiger partial charge in [0.25, 0.3) is 0 Å². The first-order chi connectivity index (χ1) is 10.4. The van der Waals surface area contributed by atoms with E-state index < -0.39 is 0 Å². The summed E-state index contributed by atoms with van der Waals surface area (Å²) in [7, 11) is 0. The lowest BCUT2D eigenvalue weighted by molar-refractivity contribution is 0.216. The lowest BCUT2D eigenvalue weighted by Gasteiger charge is -2.19. The van der Waals surface area contributed by atoms with E-state index in [2.05, 4.69) is 65.0 Å². The van der Waals surface area contributed by atoms with Gasteiger partial charge in [0.2, 0.25) is 0 Å². The molecule has 0 saturated carbocycles. The Bertz CT molecular complexity index is 607. The van der Waals surface area contributed by atoms with Crippen molar-refractivity contribution in [2.45, 2.75) is 40.0 Å². The molecule has 22 heavy (non-hydrogen) atoms. The smallest absolute Gasteiger partial charge is 0.122 e. The Labute approximate surface area is 134 Å². The molecule has 0 N–H and O–H groups in total. The summed E-state index contributed by atoms with van der Waals surface area (Å²) in [6, 6.07) is 14.5. The molecule has 2 aromatic carbocycles. The molecule has 2 aromatic rings. The molecule has 0 radical (unpaired) electrons. The van der Waals surface area contributed by atoms with Crippen molar-refractivity contribution in [1.82, 2.24) is 0 Å². The third kappa shape index (κ3) is 4.52. The van der Waals surface area contributed by atoms with E-state index in [4.69, 9.17) is 9.47 Å². The van der Waals surface area contributed by atoms with Crippen LogP contribution in [-0.2, 0) is 5.41 Å². The van der Waals surface area contributed by atoms with Crippen molar-refractivity contribution in [3.8, 4) is 11.5 Å². The molecule has 2 rings (SSSR count). The Balaban J connectivity index is 1.83. The van der Waals surface area contributed by atoms with Crippen LogP contribution in [0.5, 0.6) is 11.5 Å². The summed E-state index contributed by atoms with van der Waals surface area (Å²) >= 11 is 0. The highest BCUT2D eigenvalue weighted by molar-refractivity contribution is 5.36. The summed E-state index contributed by atoms with van der Waals surface area (Å²) in [5.74, 6) is 1.82. The van der Waals surface area contributed by atoms with Crippen molar-refractivity contribution in [2.75, 3.05) is 13.2 Å². The van der Waals surface area contributed by atoms with E-state index in [9.17, 15) is 0 Å². The first-order valence-electron chi connectivity index (χ1n) is 7.79. The number of benzene rings is 2. The Morgan fingerprint density at radius 3 is 2.09 bits per heavy atom. The van der Waals surface area contributed by atoms with E-state index in [-0.39, 0.29) is 5.41 Å². The van der Waals surface area contributed by atoms with Crippen molar-refractivity contribution < 1.29 is 9.47 Å². The minimum atomic E-state index is 0.171. The fraction of sp³-hybridized carbons (Fsp3) is 0.400. The molecule has 0 bridgehead atoms. The average molecular weight is 298 g/mol. The maximum Gasteiger partial charge on any atom is 0.122 e. The molecule has 0 fully saturated rings. The topological polar surface area (TPSA) is 18.5 Å². The lowest BCUT2D eigenvalue weighted by atomic mass is 9.87. The minimum Gasteiger partial charge on any atom is -0.490 e. The normalized spacial score (nSPS) is 11.3. The molecule has 0 amide bonds. The van der Waals surface area contributed by atoms with Gasteiger partial charge in [0.15, 0.2) is 0 Å². The third-order valence-electron chi connectivity index (χ3n) is 3.67. The first-order valence-corrected chi connectivity index (χ1v) is 7.79. The van der Waals surface area contributed by atoms with Gasteiger partial charge in [0.05, 0.1) is 0 Å². The molecular formula is C20H26O2. The first kappa shape index (κ1) is 16.4. The predicted molar refractivity (Wildman–Crippen MR) is 92.0 cm³/mol. The van der Waals surface area contributed by atoms with Crippen LogP contribution >= 0.6 is 0 Å². The Kier molecular flexibility index (Phi) is 5.12. The molecule has 0 unspecified atom stereocenters. The molecule has 0 aromatic heterocycles. The second-order valence-electron chi connectivity index (χ2n) is 6.74. The maximum atomic E-state index is 5.79. The van der Waals surface area contributed by atoms with Crippen molar-refractivity contribution in [3.05, 3.63) is 59.2 Å². The molecule has 2 heteroatoms. The molecule has 0 spiro atoms. The summed E-state index contributed by atoms with van der Waals surface area (Å²) in [5.41, 5.74) is 3.84. The lowest BCUT2D eigenvalue weighted by Crippen LogP contribution is -2.12. The van der Waals surface area contributed by atoms with E-state index in [1.54, 1.807) is 0 Å². The zero-order valence-electron chi connectivity index (χ0n) is 14.3. The number of ether oxygens (including phenoxy) is 2. The molecule has 0 heterocycles. The fourth-order valence-electron chi connectivity index (χ4n) is 2.23. The van der Waals surface area contributed by atoms with E-state index in [0.29, 0.717) is 13.2 Å².